The average Bonchev–Trinajstić information content (AvgIpc) is 2.82. The van der Waals surface area contributed by atoms with Gasteiger partial charge < -0.3 is 29.0 Å². The van der Waals surface area contributed by atoms with Gasteiger partial charge in [-0.2, -0.15) is 0 Å². The normalized spacial score (nSPS) is 34.2. The van der Waals surface area contributed by atoms with Crippen molar-refractivity contribution in [2.45, 2.75) is 94.6 Å². The van der Waals surface area contributed by atoms with Crippen molar-refractivity contribution >= 4 is 18.7 Å². The molecule has 2 bridgehead atoms. The van der Waals surface area contributed by atoms with Gasteiger partial charge in [0.2, 0.25) is 0 Å². The standard InChI is InChI=1S/C26H40BClO6/c1-24(2)20-12-13-25(3,29)26(24,16-20)34-27(30)23(28)22(33-17-19-8-5-4-6-9-19)11-7-10-21-18-31-14-15-32-21/h4-6,8-9,20-23,29-30H,7,10-18H2,1-3H3/t20?,21?,22-,23+,25?,26?/m1/s1. The maximum atomic E-state index is 11.2. The number of halogens is 1. The van der Waals surface area contributed by atoms with E-state index in [1.54, 1.807) is 0 Å². The largest absolute Gasteiger partial charge is 0.476 e. The summed E-state index contributed by atoms with van der Waals surface area (Å²) in [5, 5.41) is 21.6. The summed E-state index contributed by atoms with van der Waals surface area (Å²) in [6, 6.07) is 9.94. The molecule has 4 aliphatic rings. The lowest BCUT2D eigenvalue weighted by Crippen LogP contribution is -2.77. The summed E-state index contributed by atoms with van der Waals surface area (Å²) < 4.78 is 23.8. The van der Waals surface area contributed by atoms with Crippen molar-refractivity contribution in [2.75, 3.05) is 19.8 Å². The van der Waals surface area contributed by atoms with Crippen LogP contribution in [0, 0.1) is 11.3 Å². The van der Waals surface area contributed by atoms with Gasteiger partial charge in [-0.1, -0.05) is 44.2 Å². The Kier molecular flexibility index (Phi) is 8.35. The van der Waals surface area contributed by atoms with Crippen LogP contribution in [0.25, 0.3) is 0 Å². The number of hydrogen-bond acceptors (Lipinski definition) is 6. The Hall–Kier alpha value is -0.665. The highest BCUT2D eigenvalue weighted by Gasteiger charge is 2.72. The minimum absolute atomic E-state index is 0.0856. The lowest BCUT2D eigenvalue weighted by molar-refractivity contribution is -0.305. The van der Waals surface area contributed by atoms with E-state index in [2.05, 4.69) is 13.8 Å². The van der Waals surface area contributed by atoms with Crippen molar-refractivity contribution in [3.63, 3.8) is 0 Å². The summed E-state index contributed by atoms with van der Waals surface area (Å²) in [5.74, 6) is 0.483. The van der Waals surface area contributed by atoms with Gasteiger partial charge >= 0.3 is 7.12 Å². The molecule has 8 heteroatoms. The molecule has 0 spiro atoms. The first kappa shape index (κ1) is 26.4. The number of fused-ring (bicyclic) bond motifs is 2. The van der Waals surface area contributed by atoms with Crippen LogP contribution in [-0.4, -0.2) is 65.8 Å². The predicted octanol–water partition coefficient (Wildman–Crippen LogP) is 4.13. The molecule has 0 radical (unpaired) electrons. The van der Waals surface area contributed by atoms with E-state index in [1.165, 1.54) is 0 Å². The van der Waals surface area contributed by atoms with Gasteiger partial charge in [0.25, 0.3) is 0 Å². The quantitative estimate of drug-likeness (QED) is 0.356. The highest BCUT2D eigenvalue weighted by Crippen LogP contribution is 2.67. The third kappa shape index (κ3) is 5.22. The maximum absolute atomic E-state index is 11.2. The summed E-state index contributed by atoms with van der Waals surface area (Å²) in [5.41, 5.74) is -1.01. The highest BCUT2D eigenvalue weighted by atomic mass is 35.5. The van der Waals surface area contributed by atoms with Crippen LogP contribution >= 0.6 is 11.6 Å². The second kappa shape index (κ2) is 10.8. The Morgan fingerprint density at radius 2 is 1.97 bits per heavy atom. The lowest BCUT2D eigenvalue weighted by atomic mass is 9.40. The molecule has 6 nitrogen and oxygen atoms in total. The smallest absolute Gasteiger partial charge is 0.426 e. The van der Waals surface area contributed by atoms with Gasteiger partial charge in [0.1, 0.15) is 0 Å². The minimum atomic E-state index is -1.25. The fourth-order valence-electron chi connectivity index (χ4n) is 6.24. The van der Waals surface area contributed by atoms with Crippen molar-refractivity contribution in [1.82, 2.24) is 0 Å². The zero-order valence-corrected chi connectivity index (χ0v) is 21.5. The van der Waals surface area contributed by atoms with E-state index in [0.717, 1.165) is 31.2 Å². The van der Waals surface area contributed by atoms with Crippen molar-refractivity contribution in [3.05, 3.63) is 35.9 Å². The van der Waals surface area contributed by atoms with Gasteiger partial charge in [-0.15, -0.1) is 11.6 Å². The molecule has 2 N–H and O–H groups in total. The van der Waals surface area contributed by atoms with Gasteiger partial charge in [0.05, 0.1) is 55.1 Å². The first-order chi connectivity index (χ1) is 16.2. The number of hydrogen-bond donors (Lipinski definition) is 2. The van der Waals surface area contributed by atoms with Crippen molar-refractivity contribution in [1.29, 1.82) is 0 Å². The van der Waals surface area contributed by atoms with Gasteiger partial charge in [-0.3, -0.25) is 0 Å². The number of aliphatic hydroxyl groups is 1. The van der Waals surface area contributed by atoms with Crippen molar-refractivity contribution < 1.29 is 29.0 Å². The topological polar surface area (TPSA) is 77.4 Å². The van der Waals surface area contributed by atoms with Crippen LogP contribution < -0.4 is 0 Å². The van der Waals surface area contributed by atoms with E-state index in [-0.39, 0.29) is 11.5 Å². The van der Waals surface area contributed by atoms with E-state index in [0.29, 0.717) is 45.2 Å². The third-order valence-corrected chi connectivity index (χ3v) is 9.10. The Bertz CT molecular complexity index is 777. The first-order valence-corrected chi connectivity index (χ1v) is 13.2. The molecule has 6 atom stereocenters. The fourth-order valence-corrected chi connectivity index (χ4v) is 6.49. The van der Waals surface area contributed by atoms with Crippen LogP contribution in [0.1, 0.15) is 64.9 Å². The second-order valence-corrected chi connectivity index (χ2v) is 11.6. The number of alkyl halides is 1. The van der Waals surface area contributed by atoms with E-state index in [1.807, 2.05) is 37.3 Å². The zero-order valence-electron chi connectivity index (χ0n) is 20.7. The molecule has 3 aliphatic carbocycles. The van der Waals surface area contributed by atoms with Gasteiger partial charge in [-0.05, 0) is 62.3 Å². The number of rotatable bonds is 11. The lowest BCUT2D eigenvalue weighted by Gasteiger charge is -2.71. The summed E-state index contributed by atoms with van der Waals surface area (Å²) in [6.45, 7) is 8.37. The molecule has 1 heterocycles. The Balaban J connectivity index is 1.40. The van der Waals surface area contributed by atoms with Crippen LogP contribution in [0.2, 0.25) is 0 Å². The van der Waals surface area contributed by atoms with Gasteiger partial charge in [-0.25, -0.2) is 0 Å². The van der Waals surface area contributed by atoms with Crippen molar-refractivity contribution in [3.8, 4) is 0 Å². The molecule has 1 saturated heterocycles. The molecular weight excluding hydrogens is 455 g/mol. The van der Waals surface area contributed by atoms with Crippen LogP contribution in [0.4, 0.5) is 0 Å². The van der Waals surface area contributed by atoms with E-state index < -0.39 is 29.7 Å². The van der Waals surface area contributed by atoms with Gasteiger partial charge in [0.15, 0.2) is 0 Å². The summed E-state index contributed by atoms with van der Waals surface area (Å²) in [4.78, 5) is 0. The molecule has 0 amide bonds. The number of ether oxygens (including phenoxy) is 3. The molecule has 5 rings (SSSR count). The molecule has 4 unspecified atom stereocenters. The minimum Gasteiger partial charge on any atom is -0.426 e. The van der Waals surface area contributed by atoms with E-state index in [9.17, 15) is 10.1 Å². The zero-order chi connectivity index (χ0) is 24.4. The molecule has 0 aromatic heterocycles. The molecule has 4 fully saturated rings. The SMILES string of the molecule is CC1(O)CCC2CC1(OB(O)[C@@H](Cl)[C@@H](CCCC1COCCO1)OCc1ccccc1)C2(C)C. The van der Waals surface area contributed by atoms with Crippen LogP contribution in [0.15, 0.2) is 30.3 Å². The van der Waals surface area contributed by atoms with Crippen LogP contribution in [0.3, 0.4) is 0 Å². The Labute approximate surface area is 209 Å². The van der Waals surface area contributed by atoms with Gasteiger partial charge in [0, 0.05) is 0 Å². The average molecular weight is 495 g/mol. The molecule has 1 aliphatic heterocycles. The first-order valence-electron chi connectivity index (χ1n) is 12.7. The summed E-state index contributed by atoms with van der Waals surface area (Å²) in [7, 11) is -1.25. The molecule has 1 aromatic rings. The highest BCUT2D eigenvalue weighted by molar-refractivity contribution is 6.58. The maximum Gasteiger partial charge on any atom is 0.476 e. The monoisotopic (exact) mass is 494 g/mol. The molecule has 3 saturated carbocycles. The van der Waals surface area contributed by atoms with Crippen LogP contribution in [-0.2, 0) is 25.5 Å². The molecule has 1 aromatic carbocycles. The summed E-state index contributed by atoms with van der Waals surface area (Å²) >= 11 is 6.83. The Morgan fingerprint density at radius 1 is 1.21 bits per heavy atom. The van der Waals surface area contributed by atoms with Crippen molar-refractivity contribution in [2.24, 2.45) is 11.3 Å². The second-order valence-electron chi connectivity index (χ2n) is 11.0. The predicted molar refractivity (Wildman–Crippen MR) is 133 cm³/mol. The molecule has 34 heavy (non-hydrogen) atoms. The summed E-state index contributed by atoms with van der Waals surface area (Å²) in [6.07, 6.45) is 4.39. The fraction of sp³-hybridized carbons (Fsp3) is 0.769. The molecular formula is C26H40BClO6. The number of benzene rings is 1. The van der Waals surface area contributed by atoms with E-state index in [4.69, 9.17) is 30.5 Å². The third-order valence-electron chi connectivity index (χ3n) is 8.60. The van der Waals surface area contributed by atoms with E-state index >= 15 is 0 Å². The Morgan fingerprint density at radius 3 is 2.62 bits per heavy atom. The van der Waals surface area contributed by atoms with Crippen LogP contribution in [0.5, 0.6) is 0 Å². The molecule has 190 valence electrons.